The van der Waals surface area contributed by atoms with E-state index in [0.29, 0.717) is 6.54 Å². The zero-order chi connectivity index (χ0) is 10.3. The molecule has 0 unspecified atom stereocenters. The SMILES string of the molecule is Cn1c(=O)c2cc(CN)ccc2n1C. The molecule has 2 rings (SSSR count). The van der Waals surface area contributed by atoms with Crippen LogP contribution in [0.4, 0.5) is 0 Å². The molecule has 0 aliphatic carbocycles. The van der Waals surface area contributed by atoms with E-state index in [1.165, 1.54) is 0 Å². The van der Waals surface area contributed by atoms with Crippen LogP contribution in [0.15, 0.2) is 23.0 Å². The van der Waals surface area contributed by atoms with Crippen LogP contribution >= 0.6 is 0 Å². The fraction of sp³-hybridized carbons (Fsp3) is 0.300. The number of benzene rings is 1. The summed E-state index contributed by atoms with van der Waals surface area (Å²) in [6, 6.07) is 5.73. The Morgan fingerprint density at radius 2 is 2.00 bits per heavy atom. The van der Waals surface area contributed by atoms with Gasteiger partial charge in [-0.2, -0.15) is 0 Å². The Kier molecular flexibility index (Phi) is 1.93. The standard InChI is InChI=1S/C10H13N3O/c1-12-9-4-3-7(6-11)5-8(9)10(14)13(12)2/h3-5H,6,11H2,1-2H3. The molecular weight excluding hydrogens is 178 g/mol. The molecule has 1 aromatic carbocycles. The van der Waals surface area contributed by atoms with E-state index in [1.807, 2.05) is 29.9 Å². The van der Waals surface area contributed by atoms with Crippen molar-refractivity contribution in [2.45, 2.75) is 6.54 Å². The monoisotopic (exact) mass is 191 g/mol. The van der Waals surface area contributed by atoms with Crippen molar-refractivity contribution in [3.63, 3.8) is 0 Å². The number of aryl methyl sites for hydroxylation is 1. The molecule has 4 heteroatoms. The van der Waals surface area contributed by atoms with E-state index in [4.69, 9.17) is 5.73 Å². The van der Waals surface area contributed by atoms with Gasteiger partial charge in [-0.05, 0) is 17.7 Å². The molecule has 0 atom stereocenters. The molecular formula is C10H13N3O. The van der Waals surface area contributed by atoms with Crippen molar-refractivity contribution in [2.75, 3.05) is 0 Å². The van der Waals surface area contributed by atoms with Crippen molar-refractivity contribution in [3.05, 3.63) is 34.1 Å². The van der Waals surface area contributed by atoms with Gasteiger partial charge in [0, 0.05) is 20.6 Å². The van der Waals surface area contributed by atoms with Gasteiger partial charge in [-0.3, -0.25) is 14.2 Å². The van der Waals surface area contributed by atoms with Gasteiger partial charge in [0.1, 0.15) is 0 Å². The van der Waals surface area contributed by atoms with Gasteiger partial charge in [0.05, 0.1) is 10.9 Å². The Balaban J connectivity index is 2.89. The van der Waals surface area contributed by atoms with Crippen LogP contribution in [0.3, 0.4) is 0 Å². The van der Waals surface area contributed by atoms with E-state index in [9.17, 15) is 4.79 Å². The number of aromatic nitrogens is 2. The number of nitrogens with zero attached hydrogens (tertiary/aromatic N) is 2. The third-order valence-electron chi connectivity index (χ3n) is 2.62. The second-order valence-electron chi connectivity index (χ2n) is 3.41. The maximum Gasteiger partial charge on any atom is 0.274 e. The zero-order valence-corrected chi connectivity index (χ0v) is 8.32. The summed E-state index contributed by atoms with van der Waals surface area (Å²) in [7, 11) is 3.62. The van der Waals surface area contributed by atoms with Gasteiger partial charge in [-0.25, -0.2) is 0 Å². The highest BCUT2D eigenvalue weighted by molar-refractivity contribution is 5.79. The molecule has 0 amide bonds. The molecule has 74 valence electrons. The van der Waals surface area contributed by atoms with E-state index >= 15 is 0 Å². The highest BCUT2D eigenvalue weighted by Gasteiger charge is 2.07. The van der Waals surface area contributed by atoms with Crippen molar-refractivity contribution in [1.82, 2.24) is 9.36 Å². The van der Waals surface area contributed by atoms with Gasteiger partial charge in [-0.15, -0.1) is 0 Å². The predicted octanol–water partition coefficient (Wildman–Crippen LogP) is 0.336. The van der Waals surface area contributed by atoms with Crippen LogP contribution in [0.1, 0.15) is 5.56 Å². The van der Waals surface area contributed by atoms with Crippen LogP contribution in [0.25, 0.3) is 10.9 Å². The summed E-state index contributed by atoms with van der Waals surface area (Å²) < 4.78 is 3.42. The number of hydrogen-bond acceptors (Lipinski definition) is 2. The fourth-order valence-electron chi connectivity index (χ4n) is 1.64. The molecule has 2 aromatic rings. The lowest BCUT2D eigenvalue weighted by molar-refractivity contribution is 0.595. The lowest BCUT2D eigenvalue weighted by Crippen LogP contribution is -2.16. The highest BCUT2D eigenvalue weighted by Crippen LogP contribution is 2.11. The Morgan fingerprint density at radius 3 is 2.64 bits per heavy atom. The predicted molar refractivity (Wildman–Crippen MR) is 56.1 cm³/mol. The Morgan fingerprint density at radius 1 is 1.29 bits per heavy atom. The maximum absolute atomic E-state index is 11.7. The average molecular weight is 191 g/mol. The molecule has 0 aliphatic heterocycles. The first-order valence-electron chi connectivity index (χ1n) is 4.50. The Bertz CT molecular complexity index is 536. The number of fused-ring (bicyclic) bond motifs is 1. The molecule has 0 bridgehead atoms. The molecule has 1 heterocycles. The van der Waals surface area contributed by atoms with E-state index in [-0.39, 0.29) is 5.56 Å². The average Bonchev–Trinajstić information content (AvgIpc) is 2.44. The van der Waals surface area contributed by atoms with Crippen molar-refractivity contribution >= 4 is 10.9 Å². The van der Waals surface area contributed by atoms with Crippen molar-refractivity contribution in [2.24, 2.45) is 19.8 Å². The third-order valence-corrected chi connectivity index (χ3v) is 2.62. The minimum absolute atomic E-state index is 0.0257. The number of rotatable bonds is 1. The first-order valence-corrected chi connectivity index (χ1v) is 4.50. The largest absolute Gasteiger partial charge is 0.326 e. The molecule has 0 radical (unpaired) electrons. The Labute approximate surface area is 81.5 Å². The second-order valence-corrected chi connectivity index (χ2v) is 3.41. The van der Waals surface area contributed by atoms with E-state index in [1.54, 1.807) is 11.7 Å². The van der Waals surface area contributed by atoms with E-state index in [2.05, 4.69) is 0 Å². The van der Waals surface area contributed by atoms with Crippen LogP contribution in [-0.2, 0) is 20.6 Å². The van der Waals surface area contributed by atoms with Gasteiger partial charge in [0.25, 0.3) is 5.56 Å². The molecule has 0 saturated carbocycles. The fourth-order valence-corrected chi connectivity index (χ4v) is 1.64. The van der Waals surface area contributed by atoms with Crippen LogP contribution < -0.4 is 11.3 Å². The lowest BCUT2D eigenvalue weighted by atomic mass is 10.1. The van der Waals surface area contributed by atoms with Crippen LogP contribution in [0.5, 0.6) is 0 Å². The van der Waals surface area contributed by atoms with Gasteiger partial charge < -0.3 is 5.73 Å². The molecule has 0 aliphatic rings. The van der Waals surface area contributed by atoms with E-state index in [0.717, 1.165) is 16.5 Å². The minimum atomic E-state index is 0.0257. The number of nitrogens with two attached hydrogens (primary N) is 1. The smallest absolute Gasteiger partial charge is 0.274 e. The summed E-state index contributed by atoms with van der Waals surface area (Å²) >= 11 is 0. The first-order chi connectivity index (χ1) is 6.65. The molecule has 0 saturated heterocycles. The summed E-state index contributed by atoms with van der Waals surface area (Å²) in [5.74, 6) is 0. The van der Waals surface area contributed by atoms with Gasteiger partial charge >= 0.3 is 0 Å². The van der Waals surface area contributed by atoms with Crippen LogP contribution in [-0.4, -0.2) is 9.36 Å². The molecule has 0 fully saturated rings. The molecule has 4 nitrogen and oxygen atoms in total. The highest BCUT2D eigenvalue weighted by atomic mass is 16.1. The van der Waals surface area contributed by atoms with Gasteiger partial charge in [0.15, 0.2) is 0 Å². The quantitative estimate of drug-likeness (QED) is 0.706. The van der Waals surface area contributed by atoms with Gasteiger partial charge in [-0.1, -0.05) is 6.07 Å². The van der Waals surface area contributed by atoms with Crippen molar-refractivity contribution < 1.29 is 0 Å². The summed E-state index contributed by atoms with van der Waals surface area (Å²) in [5.41, 5.74) is 7.47. The van der Waals surface area contributed by atoms with Crippen molar-refractivity contribution in [1.29, 1.82) is 0 Å². The van der Waals surface area contributed by atoms with Crippen molar-refractivity contribution in [3.8, 4) is 0 Å². The topological polar surface area (TPSA) is 52.9 Å². The lowest BCUT2D eigenvalue weighted by Gasteiger charge is -1.99. The summed E-state index contributed by atoms with van der Waals surface area (Å²) in [4.78, 5) is 11.7. The van der Waals surface area contributed by atoms with Crippen LogP contribution in [0, 0.1) is 0 Å². The second kappa shape index (κ2) is 2.99. The molecule has 1 aromatic heterocycles. The molecule has 14 heavy (non-hydrogen) atoms. The van der Waals surface area contributed by atoms with Crippen LogP contribution in [0.2, 0.25) is 0 Å². The summed E-state index contributed by atoms with van der Waals surface area (Å²) in [6.45, 7) is 0.466. The number of hydrogen-bond donors (Lipinski definition) is 1. The minimum Gasteiger partial charge on any atom is -0.326 e. The third kappa shape index (κ3) is 1.08. The molecule has 2 N–H and O–H groups in total. The maximum atomic E-state index is 11.7. The molecule has 0 spiro atoms. The zero-order valence-electron chi connectivity index (χ0n) is 8.32. The van der Waals surface area contributed by atoms with E-state index < -0.39 is 0 Å². The summed E-state index contributed by atoms with van der Waals surface area (Å²) in [5, 5.41) is 0.734. The Hall–Kier alpha value is -1.55. The normalized spacial score (nSPS) is 11.1. The van der Waals surface area contributed by atoms with Gasteiger partial charge in [0.2, 0.25) is 0 Å². The first kappa shape index (κ1) is 9.02. The summed E-state index contributed by atoms with van der Waals surface area (Å²) in [6.07, 6.45) is 0.